The average Bonchev–Trinajstić information content (AvgIpc) is 2.78. The molecule has 0 aliphatic carbocycles. The summed E-state index contributed by atoms with van der Waals surface area (Å²) in [6, 6.07) is 5.74. The molecule has 5 heteroatoms. The van der Waals surface area contributed by atoms with Crippen LogP contribution in [0.15, 0.2) is 22.7 Å². The molecule has 0 bridgehead atoms. The van der Waals surface area contributed by atoms with Crippen LogP contribution >= 0.6 is 0 Å². The van der Waals surface area contributed by atoms with E-state index in [9.17, 15) is 4.79 Å². The highest BCUT2D eigenvalue weighted by Crippen LogP contribution is 2.37. The van der Waals surface area contributed by atoms with Crippen molar-refractivity contribution in [1.82, 2.24) is 5.16 Å². The predicted molar refractivity (Wildman–Crippen MR) is 83.9 cm³/mol. The van der Waals surface area contributed by atoms with Crippen LogP contribution in [0.4, 0.5) is 5.69 Å². The first-order valence-electron chi connectivity index (χ1n) is 7.50. The molecule has 0 saturated heterocycles. The summed E-state index contributed by atoms with van der Waals surface area (Å²) in [7, 11) is 0. The first kappa shape index (κ1) is 14.6. The van der Waals surface area contributed by atoms with Crippen molar-refractivity contribution in [3.05, 3.63) is 29.7 Å². The van der Waals surface area contributed by atoms with Gasteiger partial charge in [-0.1, -0.05) is 25.1 Å². The Kier molecular flexibility index (Phi) is 3.64. The fourth-order valence-corrected chi connectivity index (χ4v) is 2.78. The topological polar surface area (TPSA) is 64.4 Å². The number of carbonyl (C=O) groups excluding carboxylic acids is 1. The van der Waals surface area contributed by atoms with E-state index in [1.54, 1.807) is 0 Å². The predicted octanol–water partition coefficient (Wildman–Crippen LogP) is 3.70. The number of anilines is 1. The molecule has 0 unspecified atom stereocenters. The number of rotatable bonds is 3. The van der Waals surface area contributed by atoms with Gasteiger partial charge in [0.1, 0.15) is 11.5 Å². The largest absolute Gasteiger partial charge is 0.478 e. The number of ether oxygens (including phenoxy) is 1. The van der Waals surface area contributed by atoms with Crippen molar-refractivity contribution in [2.45, 2.75) is 40.2 Å². The van der Waals surface area contributed by atoms with Gasteiger partial charge < -0.3 is 14.6 Å². The first-order chi connectivity index (χ1) is 10.5. The third-order valence-electron chi connectivity index (χ3n) is 3.81. The molecule has 1 aliphatic heterocycles. The van der Waals surface area contributed by atoms with Crippen LogP contribution in [0, 0.1) is 19.8 Å². The maximum atomic E-state index is 12.1. The highest BCUT2D eigenvalue weighted by molar-refractivity contribution is 5.98. The van der Waals surface area contributed by atoms with Gasteiger partial charge in [0, 0.05) is 5.56 Å². The summed E-state index contributed by atoms with van der Waals surface area (Å²) in [6.07, 6.45) is 0.258. The zero-order chi connectivity index (χ0) is 15.9. The van der Waals surface area contributed by atoms with E-state index >= 15 is 0 Å². The molecule has 0 saturated carbocycles. The van der Waals surface area contributed by atoms with Gasteiger partial charge in [-0.3, -0.25) is 4.79 Å². The van der Waals surface area contributed by atoms with Gasteiger partial charge in [0.05, 0.1) is 11.4 Å². The Labute approximate surface area is 129 Å². The van der Waals surface area contributed by atoms with Crippen molar-refractivity contribution in [3.63, 3.8) is 0 Å². The van der Waals surface area contributed by atoms with E-state index in [4.69, 9.17) is 9.26 Å². The highest BCUT2D eigenvalue weighted by Gasteiger charge is 2.28. The fourth-order valence-electron chi connectivity index (χ4n) is 2.78. The number of carbonyl (C=O) groups is 1. The molecule has 0 radical (unpaired) electrons. The summed E-state index contributed by atoms with van der Waals surface area (Å²) in [5.41, 5.74) is 3.51. The van der Waals surface area contributed by atoms with Crippen molar-refractivity contribution in [2.75, 3.05) is 5.32 Å². The zero-order valence-electron chi connectivity index (χ0n) is 13.3. The maximum Gasteiger partial charge on any atom is 0.265 e. The fraction of sp³-hybridized carbons (Fsp3) is 0.412. The van der Waals surface area contributed by atoms with Crippen LogP contribution in [0.2, 0.25) is 0 Å². The van der Waals surface area contributed by atoms with Gasteiger partial charge in [-0.15, -0.1) is 0 Å². The Morgan fingerprint density at radius 3 is 2.73 bits per heavy atom. The molecule has 1 aromatic heterocycles. The summed E-state index contributed by atoms with van der Waals surface area (Å²) >= 11 is 0. The molecule has 2 aromatic rings. The van der Waals surface area contributed by atoms with Crippen LogP contribution < -0.4 is 10.1 Å². The van der Waals surface area contributed by atoms with Gasteiger partial charge in [0.25, 0.3) is 5.91 Å². The van der Waals surface area contributed by atoms with Crippen LogP contribution in [0.25, 0.3) is 11.1 Å². The van der Waals surface area contributed by atoms with Gasteiger partial charge in [-0.25, -0.2) is 0 Å². The minimum Gasteiger partial charge on any atom is -0.478 e. The summed E-state index contributed by atoms with van der Waals surface area (Å²) < 4.78 is 11.1. The lowest BCUT2D eigenvalue weighted by Crippen LogP contribution is -2.37. The van der Waals surface area contributed by atoms with Gasteiger partial charge >= 0.3 is 0 Å². The molecule has 0 fully saturated rings. The Balaban J connectivity index is 1.96. The number of nitrogens with one attached hydrogen (secondary N) is 1. The lowest BCUT2D eigenvalue weighted by atomic mass is 10.0. The van der Waals surface area contributed by atoms with E-state index in [2.05, 4.69) is 24.3 Å². The molecule has 1 atom stereocenters. The van der Waals surface area contributed by atoms with Crippen LogP contribution in [0.5, 0.6) is 5.75 Å². The Bertz CT molecular complexity index is 699. The number of aromatic nitrogens is 1. The second-order valence-corrected chi connectivity index (χ2v) is 6.14. The van der Waals surface area contributed by atoms with Crippen LogP contribution in [0.1, 0.15) is 31.7 Å². The monoisotopic (exact) mass is 300 g/mol. The lowest BCUT2D eigenvalue weighted by molar-refractivity contribution is -0.124. The van der Waals surface area contributed by atoms with Gasteiger partial charge in [0.15, 0.2) is 6.10 Å². The molecule has 1 N–H and O–H groups in total. The number of nitrogens with zero attached hydrogens (tertiary/aromatic N) is 1. The SMILES string of the molecule is Cc1noc(C)c1-c1ccc2c(c1)O[C@H](CC(C)C)C(=O)N2. The average molecular weight is 300 g/mol. The third kappa shape index (κ3) is 2.58. The molecule has 3 rings (SSSR count). The van der Waals surface area contributed by atoms with E-state index in [1.165, 1.54) is 0 Å². The van der Waals surface area contributed by atoms with Crippen molar-refractivity contribution < 1.29 is 14.1 Å². The molecule has 1 aliphatic rings. The molecule has 1 aromatic carbocycles. The molecular formula is C17H20N2O3. The number of aryl methyl sites for hydroxylation is 2. The normalized spacial score (nSPS) is 17.1. The lowest BCUT2D eigenvalue weighted by Gasteiger charge is -2.27. The molecule has 116 valence electrons. The second-order valence-electron chi connectivity index (χ2n) is 6.14. The quantitative estimate of drug-likeness (QED) is 0.938. The number of amides is 1. The highest BCUT2D eigenvalue weighted by atomic mass is 16.5. The first-order valence-corrected chi connectivity index (χ1v) is 7.50. The second kappa shape index (κ2) is 5.48. The van der Waals surface area contributed by atoms with Crippen LogP contribution in [-0.2, 0) is 4.79 Å². The van der Waals surface area contributed by atoms with E-state index in [0.717, 1.165) is 22.6 Å². The minimum atomic E-state index is -0.438. The summed E-state index contributed by atoms with van der Waals surface area (Å²) in [6.45, 7) is 7.95. The standard InChI is InChI=1S/C17H20N2O3/c1-9(2)7-15-17(20)18-13-6-5-12(8-14(13)21-15)16-10(3)19-22-11(16)4/h5-6,8-9,15H,7H2,1-4H3,(H,18,20)/t15-/m1/s1. The number of fused-ring (bicyclic) bond motifs is 1. The minimum absolute atomic E-state index is 0.0775. The van der Waals surface area contributed by atoms with Gasteiger partial charge in [-0.2, -0.15) is 0 Å². The molecule has 1 amide bonds. The smallest absolute Gasteiger partial charge is 0.265 e. The Morgan fingerprint density at radius 1 is 1.32 bits per heavy atom. The molecular weight excluding hydrogens is 280 g/mol. The number of hydrogen-bond donors (Lipinski definition) is 1. The van der Waals surface area contributed by atoms with Gasteiger partial charge in [0.2, 0.25) is 0 Å². The number of benzene rings is 1. The number of hydrogen-bond acceptors (Lipinski definition) is 4. The summed E-state index contributed by atoms with van der Waals surface area (Å²) in [5.74, 6) is 1.79. The van der Waals surface area contributed by atoms with Crippen LogP contribution in [0.3, 0.4) is 0 Å². The molecule has 22 heavy (non-hydrogen) atoms. The van der Waals surface area contributed by atoms with Crippen molar-refractivity contribution >= 4 is 11.6 Å². The van der Waals surface area contributed by atoms with Crippen molar-refractivity contribution in [3.8, 4) is 16.9 Å². The Morgan fingerprint density at radius 2 is 2.09 bits per heavy atom. The third-order valence-corrected chi connectivity index (χ3v) is 3.81. The maximum absolute atomic E-state index is 12.1. The summed E-state index contributed by atoms with van der Waals surface area (Å²) in [5, 5.41) is 6.90. The van der Waals surface area contributed by atoms with Crippen LogP contribution in [-0.4, -0.2) is 17.2 Å². The van der Waals surface area contributed by atoms with E-state index in [0.29, 0.717) is 23.8 Å². The molecule has 2 heterocycles. The molecule has 0 spiro atoms. The van der Waals surface area contributed by atoms with E-state index < -0.39 is 6.10 Å². The van der Waals surface area contributed by atoms with E-state index in [-0.39, 0.29) is 5.91 Å². The molecule has 5 nitrogen and oxygen atoms in total. The Hall–Kier alpha value is -2.30. The van der Waals surface area contributed by atoms with Crippen molar-refractivity contribution in [1.29, 1.82) is 0 Å². The van der Waals surface area contributed by atoms with Gasteiger partial charge in [-0.05, 0) is 43.9 Å². The summed E-state index contributed by atoms with van der Waals surface area (Å²) in [4.78, 5) is 12.1. The zero-order valence-corrected chi connectivity index (χ0v) is 13.3. The van der Waals surface area contributed by atoms with Crippen molar-refractivity contribution in [2.24, 2.45) is 5.92 Å². The van der Waals surface area contributed by atoms with E-state index in [1.807, 2.05) is 32.0 Å².